The number of hydrogen-bond acceptors (Lipinski definition) is 6. The summed E-state index contributed by atoms with van der Waals surface area (Å²) in [7, 11) is 1.04. The molecule has 156 valence electrons. The predicted molar refractivity (Wildman–Crippen MR) is 101 cm³/mol. The molecule has 0 fully saturated rings. The SMILES string of the molecule is Cn1nc(C(=O)Nc2cc(Oc3cccnc3)cc([N+](=O)[O-])c2)c(Br)c1C(F)(F)F. The van der Waals surface area contributed by atoms with Gasteiger partial charge >= 0.3 is 6.18 Å². The molecule has 30 heavy (non-hydrogen) atoms. The van der Waals surface area contributed by atoms with E-state index in [4.69, 9.17) is 4.74 Å². The third-order valence-electron chi connectivity index (χ3n) is 3.70. The first-order valence-electron chi connectivity index (χ1n) is 8.04. The van der Waals surface area contributed by atoms with Gasteiger partial charge in [-0.25, -0.2) is 0 Å². The second kappa shape index (κ2) is 8.10. The number of aryl methyl sites for hydroxylation is 1. The van der Waals surface area contributed by atoms with Crippen molar-refractivity contribution in [2.24, 2.45) is 7.05 Å². The van der Waals surface area contributed by atoms with Crippen molar-refractivity contribution in [1.82, 2.24) is 14.8 Å². The third kappa shape index (κ3) is 4.56. The minimum Gasteiger partial charge on any atom is -0.455 e. The van der Waals surface area contributed by atoms with Crippen LogP contribution in [0.15, 0.2) is 47.2 Å². The van der Waals surface area contributed by atoms with E-state index in [1.54, 1.807) is 12.1 Å². The summed E-state index contributed by atoms with van der Waals surface area (Å²) in [6, 6.07) is 6.59. The van der Waals surface area contributed by atoms with Crippen molar-refractivity contribution in [3.05, 3.63) is 68.7 Å². The highest BCUT2D eigenvalue weighted by molar-refractivity contribution is 9.10. The summed E-state index contributed by atoms with van der Waals surface area (Å²) in [5.74, 6) is -0.693. The average molecular weight is 486 g/mol. The van der Waals surface area contributed by atoms with Crippen molar-refractivity contribution in [2.45, 2.75) is 6.18 Å². The molecule has 0 bridgehead atoms. The van der Waals surface area contributed by atoms with E-state index in [0.29, 0.717) is 4.68 Å². The molecule has 0 radical (unpaired) electrons. The van der Waals surface area contributed by atoms with Gasteiger partial charge in [-0.15, -0.1) is 0 Å². The summed E-state index contributed by atoms with van der Waals surface area (Å²) >= 11 is 2.74. The molecule has 0 spiro atoms. The van der Waals surface area contributed by atoms with E-state index in [0.717, 1.165) is 19.2 Å². The summed E-state index contributed by atoms with van der Waals surface area (Å²) in [6.07, 6.45) is -1.86. The van der Waals surface area contributed by atoms with Crippen LogP contribution in [0.3, 0.4) is 0 Å². The second-order valence-electron chi connectivity index (χ2n) is 5.85. The molecule has 2 aromatic heterocycles. The monoisotopic (exact) mass is 485 g/mol. The number of nitro benzene ring substituents is 1. The van der Waals surface area contributed by atoms with E-state index in [1.165, 1.54) is 18.5 Å². The quantitative estimate of drug-likeness (QED) is 0.419. The number of rotatable bonds is 5. The van der Waals surface area contributed by atoms with Crippen LogP contribution in [0, 0.1) is 10.1 Å². The number of amides is 1. The first kappa shape index (κ1) is 21.2. The van der Waals surface area contributed by atoms with Crippen LogP contribution in [0.1, 0.15) is 16.2 Å². The molecular weight excluding hydrogens is 475 g/mol. The third-order valence-corrected chi connectivity index (χ3v) is 4.45. The highest BCUT2D eigenvalue weighted by Gasteiger charge is 2.39. The number of nitro groups is 1. The van der Waals surface area contributed by atoms with Crippen molar-refractivity contribution in [3.8, 4) is 11.5 Å². The molecule has 3 rings (SSSR count). The van der Waals surface area contributed by atoms with Gasteiger partial charge in [0.1, 0.15) is 11.5 Å². The number of pyridine rings is 1. The van der Waals surface area contributed by atoms with Gasteiger partial charge in [0.15, 0.2) is 11.4 Å². The molecule has 0 atom stereocenters. The van der Waals surface area contributed by atoms with Gasteiger partial charge in [-0.2, -0.15) is 18.3 Å². The lowest BCUT2D eigenvalue weighted by atomic mass is 10.2. The molecule has 13 heteroatoms. The molecule has 1 amide bonds. The largest absolute Gasteiger partial charge is 0.455 e. The Labute approximate surface area is 174 Å². The number of nitrogens with one attached hydrogen (secondary N) is 1. The number of ether oxygens (including phenoxy) is 1. The zero-order valence-electron chi connectivity index (χ0n) is 15.0. The van der Waals surface area contributed by atoms with Crippen LogP contribution in [0.2, 0.25) is 0 Å². The maximum atomic E-state index is 13.1. The molecule has 2 heterocycles. The minimum absolute atomic E-state index is 0.0172. The Morgan fingerprint density at radius 1 is 1.30 bits per heavy atom. The van der Waals surface area contributed by atoms with Gasteiger partial charge in [0, 0.05) is 25.4 Å². The number of alkyl halides is 3. The fraction of sp³-hybridized carbons (Fsp3) is 0.118. The lowest BCUT2D eigenvalue weighted by molar-refractivity contribution is -0.384. The van der Waals surface area contributed by atoms with E-state index in [-0.39, 0.29) is 17.2 Å². The lowest BCUT2D eigenvalue weighted by Crippen LogP contribution is -2.14. The number of hydrogen-bond donors (Lipinski definition) is 1. The Balaban J connectivity index is 1.92. The molecule has 0 aliphatic carbocycles. The van der Waals surface area contributed by atoms with Crippen LogP contribution in [0.25, 0.3) is 0 Å². The normalized spacial score (nSPS) is 11.2. The number of non-ortho nitro benzene ring substituents is 1. The molecule has 0 aliphatic rings. The summed E-state index contributed by atoms with van der Waals surface area (Å²) in [5.41, 5.74) is -2.15. The summed E-state index contributed by atoms with van der Waals surface area (Å²) < 4.78 is 44.7. The summed E-state index contributed by atoms with van der Waals surface area (Å²) in [5, 5.41) is 17.1. The van der Waals surface area contributed by atoms with E-state index in [1.807, 2.05) is 0 Å². The van der Waals surface area contributed by atoms with Gasteiger partial charge in [0.25, 0.3) is 11.6 Å². The Hall–Kier alpha value is -3.48. The minimum atomic E-state index is -4.74. The van der Waals surface area contributed by atoms with Crippen molar-refractivity contribution < 1.29 is 27.6 Å². The Morgan fingerprint density at radius 3 is 2.60 bits per heavy atom. The molecule has 0 unspecified atom stereocenters. The topological polar surface area (TPSA) is 112 Å². The zero-order chi connectivity index (χ0) is 22.1. The van der Waals surface area contributed by atoms with Crippen molar-refractivity contribution in [3.63, 3.8) is 0 Å². The van der Waals surface area contributed by atoms with Gasteiger partial charge in [-0.05, 0) is 28.1 Å². The molecule has 1 aromatic carbocycles. The number of aromatic nitrogens is 3. The van der Waals surface area contributed by atoms with Gasteiger partial charge in [-0.1, -0.05) is 0 Å². The molecule has 0 saturated carbocycles. The molecular formula is C17H11BrF3N5O4. The second-order valence-corrected chi connectivity index (χ2v) is 6.64. The Morgan fingerprint density at radius 2 is 2.03 bits per heavy atom. The van der Waals surface area contributed by atoms with Crippen LogP contribution in [-0.4, -0.2) is 25.6 Å². The number of anilines is 1. The standard InChI is InChI=1S/C17H11BrF3N5O4/c1-25-15(17(19,20)21)13(18)14(24-25)16(27)23-9-5-10(26(28)29)7-12(6-9)30-11-3-2-4-22-8-11/h2-8H,1H3,(H,23,27). The van der Waals surface area contributed by atoms with Crippen LogP contribution in [0.5, 0.6) is 11.5 Å². The Kier molecular flexibility index (Phi) is 5.73. The first-order chi connectivity index (χ1) is 14.1. The molecule has 0 aliphatic heterocycles. The molecule has 3 aromatic rings. The summed E-state index contributed by atoms with van der Waals surface area (Å²) in [4.78, 5) is 26.8. The van der Waals surface area contributed by atoms with Crippen molar-refractivity contribution >= 4 is 33.2 Å². The number of nitrogens with zero attached hydrogens (tertiary/aromatic N) is 4. The van der Waals surface area contributed by atoms with E-state index in [2.05, 4.69) is 31.3 Å². The highest BCUT2D eigenvalue weighted by Crippen LogP contribution is 2.36. The van der Waals surface area contributed by atoms with Crippen LogP contribution >= 0.6 is 15.9 Å². The lowest BCUT2D eigenvalue weighted by Gasteiger charge is -2.09. The van der Waals surface area contributed by atoms with Gasteiger partial charge in [0.2, 0.25) is 0 Å². The Bertz CT molecular complexity index is 1120. The van der Waals surface area contributed by atoms with Gasteiger partial charge in [-0.3, -0.25) is 24.6 Å². The number of carbonyl (C=O) groups is 1. The number of carbonyl (C=O) groups excluding carboxylic acids is 1. The maximum Gasteiger partial charge on any atom is 0.434 e. The molecule has 1 N–H and O–H groups in total. The molecule has 9 nitrogen and oxygen atoms in total. The maximum absolute atomic E-state index is 13.1. The van der Waals surface area contributed by atoms with Crippen molar-refractivity contribution in [1.29, 1.82) is 0 Å². The fourth-order valence-electron chi connectivity index (χ4n) is 2.50. The highest BCUT2D eigenvalue weighted by atomic mass is 79.9. The van der Waals surface area contributed by atoms with Gasteiger partial charge < -0.3 is 10.1 Å². The zero-order valence-corrected chi connectivity index (χ0v) is 16.6. The van der Waals surface area contributed by atoms with E-state index < -0.39 is 38.6 Å². The van der Waals surface area contributed by atoms with Crippen LogP contribution < -0.4 is 10.1 Å². The van der Waals surface area contributed by atoms with E-state index in [9.17, 15) is 28.1 Å². The van der Waals surface area contributed by atoms with Crippen LogP contribution in [-0.2, 0) is 13.2 Å². The fourth-order valence-corrected chi connectivity index (χ4v) is 3.25. The van der Waals surface area contributed by atoms with E-state index >= 15 is 0 Å². The average Bonchev–Trinajstić information content (AvgIpc) is 2.96. The smallest absolute Gasteiger partial charge is 0.434 e. The number of halogens is 4. The number of benzene rings is 1. The van der Waals surface area contributed by atoms with Gasteiger partial charge in [0.05, 0.1) is 27.3 Å². The first-order valence-corrected chi connectivity index (χ1v) is 8.84. The predicted octanol–water partition coefficient (Wildman–Crippen LogP) is 4.55. The van der Waals surface area contributed by atoms with Crippen LogP contribution in [0.4, 0.5) is 24.5 Å². The summed E-state index contributed by atoms with van der Waals surface area (Å²) in [6.45, 7) is 0. The molecule has 0 saturated heterocycles. The van der Waals surface area contributed by atoms with Crippen molar-refractivity contribution in [2.75, 3.05) is 5.32 Å².